The van der Waals surface area contributed by atoms with E-state index in [-0.39, 0.29) is 12.6 Å². The maximum Gasteiger partial charge on any atom is 0.459 e. The lowest BCUT2D eigenvalue weighted by atomic mass is 10.1. The van der Waals surface area contributed by atoms with Crippen molar-refractivity contribution in [1.82, 2.24) is 5.09 Å². The van der Waals surface area contributed by atoms with Crippen LogP contribution in [0.3, 0.4) is 0 Å². The molecule has 2 rings (SSSR count). The second-order valence-electron chi connectivity index (χ2n) is 5.12. The third-order valence-corrected chi connectivity index (χ3v) is 4.46. The van der Waals surface area contributed by atoms with E-state index in [0.717, 1.165) is 10.8 Å². The summed E-state index contributed by atoms with van der Waals surface area (Å²) in [5.41, 5.74) is 0. The Balaban J connectivity index is 2.14. The first kappa shape index (κ1) is 17.5. The van der Waals surface area contributed by atoms with Gasteiger partial charge in [0.1, 0.15) is 12.3 Å². The highest BCUT2D eigenvalue weighted by Crippen LogP contribution is 2.45. The van der Waals surface area contributed by atoms with Crippen LogP contribution in [0.25, 0.3) is 10.8 Å². The van der Waals surface area contributed by atoms with Gasteiger partial charge in [-0.3, -0.25) is 9.32 Å². The van der Waals surface area contributed by atoms with Crippen molar-refractivity contribution in [2.24, 2.45) is 0 Å². The number of nitrogens with one attached hydrogen (secondary N) is 1. The second-order valence-corrected chi connectivity index (χ2v) is 6.98. The molecule has 0 aromatic heterocycles. The molecule has 7 heteroatoms. The predicted octanol–water partition coefficient (Wildman–Crippen LogP) is 3.51. The van der Waals surface area contributed by atoms with E-state index in [2.05, 4.69) is 5.09 Å². The lowest BCUT2D eigenvalue weighted by Gasteiger charge is -2.19. The van der Waals surface area contributed by atoms with Gasteiger partial charge in [-0.25, -0.2) is 9.65 Å². The molecule has 0 saturated carbocycles. The molecular formula is C16H20NO5P. The van der Waals surface area contributed by atoms with Crippen molar-refractivity contribution in [3.8, 4) is 5.75 Å². The topological polar surface area (TPSA) is 73.9 Å². The summed E-state index contributed by atoms with van der Waals surface area (Å²) >= 11 is 0. The van der Waals surface area contributed by atoms with Gasteiger partial charge in [0.2, 0.25) is 0 Å². The van der Waals surface area contributed by atoms with E-state index in [1.54, 1.807) is 26.0 Å². The first-order valence-corrected chi connectivity index (χ1v) is 8.75. The van der Waals surface area contributed by atoms with Crippen LogP contribution in [0.2, 0.25) is 0 Å². The average molecular weight is 337 g/mol. The highest BCUT2D eigenvalue weighted by atomic mass is 31.2. The minimum atomic E-state index is -3.67. The van der Waals surface area contributed by atoms with Crippen molar-refractivity contribution < 1.29 is 23.1 Å². The van der Waals surface area contributed by atoms with Crippen LogP contribution in [0.15, 0.2) is 42.5 Å². The van der Waals surface area contributed by atoms with Crippen molar-refractivity contribution in [3.63, 3.8) is 0 Å². The smallest absolute Gasteiger partial charge is 0.459 e. The van der Waals surface area contributed by atoms with E-state index in [1.165, 1.54) is 7.11 Å². The van der Waals surface area contributed by atoms with Gasteiger partial charge in [-0.2, -0.15) is 0 Å². The van der Waals surface area contributed by atoms with E-state index < -0.39 is 13.7 Å². The summed E-state index contributed by atoms with van der Waals surface area (Å²) in [5.74, 6) is -0.114. The van der Waals surface area contributed by atoms with Gasteiger partial charge in [0, 0.05) is 12.5 Å². The van der Waals surface area contributed by atoms with Crippen LogP contribution in [-0.4, -0.2) is 25.7 Å². The first-order valence-electron chi connectivity index (χ1n) is 7.21. The molecule has 1 unspecified atom stereocenters. The molecule has 2 aromatic carbocycles. The number of esters is 1. The molecule has 2 aromatic rings. The fraction of sp³-hybridized carbons (Fsp3) is 0.312. The monoisotopic (exact) mass is 337 g/mol. The van der Waals surface area contributed by atoms with E-state index >= 15 is 0 Å². The van der Waals surface area contributed by atoms with E-state index in [4.69, 9.17) is 13.8 Å². The molecule has 1 N–H and O–H groups in total. The summed E-state index contributed by atoms with van der Waals surface area (Å²) in [6.07, 6.45) is -0.245. The average Bonchev–Trinajstić information content (AvgIpc) is 2.53. The standard InChI is InChI=1S/C16H20NO5P/c1-12(2)21-16(18)11-17-23(19,20-3)22-15-10-6-8-13-7-4-5-9-14(13)15/h4-10,12H,11H2,1-3H3,(H,17,19). The zero-order chi connectivity index (χ0) is 16.9. The van der Waals surface area contributed by atoms with E-state index in [9.17, 15) is 9.36 Å². The summed E-state index contributed by atoms with van der Waals surface area (Å²) in [5, 5.41) is 4.26. The van der Waals surface area contributed by atoms with Crippen molar-refractivity contribution in [2.45, 2.75) is 20.0 Å². The molecule has 0 amide bonds. The van der Waals surface area contributed by atoms with Crippen molar-refractivity contribution in [2.75, 3.05) is 13.7 Å². The Labute approximate surface area is 135 Å². The number of carbonyl (C=O) groups is 1. The molecule has 124 valence electrons. The number of hydrogen-bond donors (Lipinski definition) is 1. The molecule has 0 aliphatic rings. The molecule has 0 radical (unpaired) electrons. The first-order chi connectivity index (χ1) is 10.9. The predicted molar refractivity (Wildman–Crippen MR) is 88.4 cm³/mol. The molecule has 0 saturated heterocycles. The Morgan fingerprint density at radius 3 is 2.57 bits per heavy atom. The molecule has 0 spiro atoms. The highest BCUT2D eigenvalue weighted by Gasteiger charge is 2.26. The van der Waals surface area contributed by atoms with Gasteiger partial charge in [-0.1, -0.05) is 36.4 Å². The van der Waals surface area contributed by atoms with Crippen LogP contribution in [0.4, 0.5) is 0 Å². The zero-order valence-electron chi connectivity index (χ0n) is 13.3. The molecule has 0 heterocycles. The number of fused-ring (bicyclic) bond motifs is 1. The van der Waals surface area contributed by atoms with Crippen molar-refractivity contribution >= 4 is 24.5 Å². The number of benzene rings is 2. The molecular weight excluding hydrogens is 317 g/mol. The number of rotatable bonds is 7. The minimum absolute atomic E-state index is 0.245. The zero-order valence-corrected chi connectivity index (χ0v) is 14.2. The fourth-order valence-electron chi connectivity index (χ4n) is 2.00. The Bertz CT molecular complexity index is 726. The Hall–Kier alpha value is -1.88. The molecule has 6 nitrogen and oxygen atoms in total. The van der Waals surface area contributed by atoms with Crippen LogP contribution in [0.5, 0.6) is 5.75 Å². The van der Waals surface area contributed by atoms with Gasteiger partial charge in [0.05, 0.1) is 6.10 Å². The maximum absolute atomic E-state index is 12.6. The van der Waals surface area contributed by atoms with Crippen LogP contribution >= 0.6 is 7.75 Å². The third kappa shape index (κ3) is 4.79. The molecule has 0 fully saturated rings. The van der Waals surface area contributed by atoms with Crippen LogP contribution in [0.1, 0.15) is 13.8 Å². The van der Waals surface area contributed by atoms with Gasteiger partial charge in [0.15, 0.2) is 0 Å². The van der Waals surface area contributed by atoms with Crippen LogP contribution in [-0.2, 0) is 18.6 Å². The lowest BCUT2D eigenvalue weighted by Crippen LogP contribution is -2.26. The summed E-state index contributed by atoms with van der Waals surface area (Å²) in [6.45, 7) is 3.20. The number of carbonyl (C=O) groups excluding carboxylic acids is 1. The van der Waals surface area contributed by atoms with Crippen molar-refractivity contribution in [3.05, 3.63) is 42.5 Å². The second kappa shape index (κ2) is 7.59. The largest absolute Gasteiger partial charge is 0.462 e. The molecule has 0 aliphatic carbocycles. The Morgan fingerprint density at radius 2 is 1.87 bits per heavy atom. The van der Waals surface area contributed by atoms with Gasteiger partial charge < -0.3 is 9.26 Å². The van der Waals surface area contributed by atoms with Gasteiger partial charge in [0.25, 0.3) is 0 Å². The minimum Gasteiger partial charge on any atom is -0.462 e. The molecule has 0 aliphatic heterocycles. The van der Waals surface area contributed by atoms with Crippen LogP contribution in [0, 0.1) is 0 Å². The van der Waals surface area contributed by atoms with Gasteiger partial charge in [-0.05, 0) is 25.3 Å². The third-order valence-electron chi connectivity index (χ3n) is 2.99. The van der Waals surface area contributed by atoms with Crippen molar-refractivity contribution in [1.29, 1.82) is 0 Å². The molecule has 23 heavy (non-hydrogen) atoms. The Kier molecular flexibility index (Phi) is 5.77. The molecule has 1 atom stereocenters. The fourth-order valence-corrected chi connectivity index (χ4v) is 3.01. The number of hydrogen-bond acceptors (Lipinski definition) is 5. The maximum atomic E-state index is 12.6. The van der Waals surface area contributed by atoms with E-state index in [0.29, 0.717) is 5.75 Å². The van der Waals surface area contributed by atoms with E-state index in [1.807, 2.05) is 30.3 Å². The molecule has 0 bridgehead atoms. The SMILES string of the molecule is COP(=O)(NCC(=O)OC(C)C)Oc1cccc2ccccc12. The lowest BCUT2D eigenvalue weighted by molar-refractivity contribution is -0.145. The normalized spacial score (nSPS) is 13.7. The van der Waals surface area contributed by atoms with Gasteiger partial charge in [-0.15, -0.1) is 0 Å². The number of ether oxygens (including phenoxy) is 1. The quantitative estimate of drug-likeness (QED) is 0.615. The summed E-state index contributed by atoms with van der Waals surface area (Å²) < 4.78 is 28.1. The Morgan fingerprint density at radius 1 is 1.17 bits per heavy atom. The van der Waals surface area contributed by atoms with Gasteiger partial charge >= 0.3 is 13.7 Å². The summed E-state index contributed by atoms with van der Waals surface area (Å²) in [4.78, 5) is 11.6. The highest BCUT2D eigenvalue weighted by molar-refractivity contribution is 7.52. The summed E-state index contributed by atoms with van der Waals surface area (Å²) in [6, 6.07) is 13.0. The van der Waals surface area contributed by atoms with Crippen LogP contribution < -0.4 is 9.61 Å². The summed E-state index contributed by atoms with van der Waals surface area (Å²) in [7, 11) is -2.42.